The first-order valence-corrected chi connectivity index (χ1v) is 12.9. The Labute approximate surface area is 231 Å². The smallest absolute Gasteiger partial charge is 0.330 e. The van der Waals surface area contributed by atoms with Crippen LogP contribution in [-0.2, 0) is 22.7 Å². The summed E-state index contributed by atoms with van der Waals surface area (Å²) < 4.78 is 28.7. The molecule has 5 aromatic rings. The Morgan fingerprint density at radius 2 is 1.35 bits per heavy atom. The van der Waals surface area contributed by atoms with Crippen molar-refractivity contribution in [1.82, 2.24) is 9.97 Å². The minimum absolute atomic E-state index is 0.114. The van der Waals surface area contributed by atoms with Crippen LogP contribution in [0, 0.1) is 6.92 Å². The van der Waals surface area contributed by atoms with E-state index in [4.69, 9.17) is 23.0 Å². The highest BCUT2D eigenvalue weighted by atomic mass is 16.5. The SMILES string of the molecule is CCOC(=O)C=Cc1nc(-c2ccccc2)oc1COc1ccc(OCc2nc(-c3ccccc3)oc2C)cc1. The molecule has 0 aliphatic heterocycles. The molecule has 202 valence electrons. The van der Waals surface area contributed by atoms with Crippen LogP contribution in [0.1, 0.15) is 29.8 Å². The zero-order chi connectivity index (χ0) is 27.7. The molecule has 0 aliphatic rings. The first-order chi connectivity index (χ1) is 19.6. The van der Waals surface area contributed by atoms with Crippen molar-refractivity contribution in [3.05, 3.63) is 114 Å². The van der Waals surface area contributed by atoms with Gasteiger partial charge in [-0.2, -0.15) is 0 Å². The average Bonchev–Trinajstić information content (AvgIpc) is 3.58. The van der Waals surface area contributed by atoms with E-state index in [0.29, 0.717) is 47.1 Å². The fraction of sp³-hybridized carbons (Fsp3) is 0.156. The third-order valence-electron chi connectivity index (χ3n) is 5.89. The van der Waals surface area contributed by atoms with Crippen LogP contribution >= 0.6 is 0 Å². The number of ether oxygens (including phenoxy) is 3. The van der Waals surface area contributed by atoms with Crippen LogP contribution in [0.2, 0.25) is 0 Å². The monoisotopic (exact) mass is 536 g/mol. The Bertz CT molecular complexity index is 1570. The molecule has 0 bridgehead atoms. The van der Waals surface area contributed by atoms with E-state index < -0.39 is 5.97 Å². The van der Waals surface area contributed by atoms with Gasteiger partial charge in [0.15, 0.2) is 5.76 Å². The van der Waals surface area contributed by atoms with Crippen molar-refractivity contribution in [2.24, 2.45) is 0 Å². The van der Waals surface area contributed by atoms with Gasteiger partial charge in [0.2, 0.25) is 11.8 Å². The summed E-state index contributed by atoms with van der Waals surface area (Å²) in [6, 6.07) is 26.5. The fourth-order valence-corrected chi connectivity index (χ4v) is 3.84. The number of esters is 1. The molecule has 2 aromatic heterocycles. The molecule has 0 atom stereocenters. The van der Waals surface area contributed by atoms with Gasteiger partial charge in [0.1, 0.15) is 41.9 Å². The molecule has 0 saturated carbocycles. The topological polar surface area (TPSA) is 96.8 Å². The molecule has 5 rings (SSSR count). The van der Waals surface area contributed by atoms with Crippen LogP contribution in [0.15, 0.2) is 99.8 Å². The first-order valence-electron chi connectivity index (χ1n) is 12.9. The van der Waals surface area contributed by atoms with E-state index in [-0.39, 0.29) is 13.2 Å². The van der Waals surface area contributed by atoms with Crippen LogP contribution in [-0.4, -0.2) is 22.5 Å². The van der Waals surface area contributed by atoms with E-state index in [1.54, 1.807) is 13.0 Å². The maximum Gasteiger partial charge on any atom is 0.330 e. The van der Waals surface area contributed by atoms with Gasteiger partial charge in [-0.15, -0.1) is 0 Å². The minimum atomic E-state index is -0.452. The average molecular weight is 537 g/mol. The number of hydrogen-bond donors (Lipinski definition) is 0. The van der Waals surface area contributed by atoms with E-state index in [0.717, 1.165) is 16.8 Å². The van der Waals surface area contributed by atoms with Gasteiger partial charge in [-0.1, -0.05) is 36.4 Å². The second-order valence-electron chi connectivity index (χ2n) is 8.72. The summed E-state index contributed by atoms with van der Waals surface area (Å²) in [5, 5.41) is 0. The highest BCUT2D eigenvalue weighted by Crippen LogP contribution is 2.26. The summed E-state index contributed by atoms with van der Waals surface area (Å²) >= 11 is 0. The second kappa shape index (κ2) is 12.6. The molecule has 0 radical (unpaired) electrons. The van der Waals surface area contributed by atoms with Gasteiger partial charge in [0.25, 0.3) is 0 Å². The summed E-state index contributed by atoms with van der Waals surface area (Å²) in [4.78, 5) is 20.9. The Morgan fingerprint density at radius 1 is 0.775 bits per heavy atom. The number of aromatic nitrogens is 2. The maximum absolute atomic E-state index is 11.8. The normalized spacial score (nSPS) is 11.1. The first kappa shape index (κ1) is 26.5. The zero-order valence-electron chi connectivity index (χ0n) is 22.2. The molecule has 8 nitrogen and oxygen atoms in total. The van der Waals surface area contributed by atoms with Gasteiger partial charge in [0.05, 0.1) is 6.61 Å². The predicted octanol–water partition coefficient (Wildman–Crippen LogP) is 7.04. The van der Waals surface area contributed by atoms with Crippen molar-refractivity contribution in [3.63, 3.8) is 0 Å². The zero-order valence-corrected chi connectivity index (χ0v) is 22.2. The number of benzene rings is 3. The Kier molecular flexibility index (Phi) is 8.36. The molecule has 0 aliphatic carbocycles. The van der Waals surface area contributed by atoms with Crippen LogP contribution < -0.4 is 9.47 Å². The van der Waals surface area contributed by atoms with Crippen molar-refractivity contribution in [3.8, 4) is 34.4 Å². The molecule has 0 fully saturated rings. The summed E-state index contributed by atoms with van der Waals surface area (Å²) in [5.41, 5.74) is 2.96. The van der Waals surface area contributed by atoms with E-state index in [1.165, 1.54) is 6.08 Å². The molecule has 0 saturated heterocycles. The van der Waals surface area contributed by atoms with E-state index in [1.807, 2.05) is 91.9 Å². The van der Waals surface area contributed by atoms with E-state index >= 15 is 0 Å². The molecule has 0 amide bonds. The fourth-order valence-electron chi connectivity index (χ4n) is 3.84. The highest BCUT2D eigenvalue weighted by molar-refractivity contribution is 5.87. The molecular formula is C32H28N2O6. The number of nitrogens with zero attached hydrogens (tertiary/aromatic N) is 2. The van der Waals surface area contributed by atoms with Crippen molar-refractivity contribution < 1.29 is 27.8 Å². The lowest BCUT2D eigenvalue weighted by molar-refractivity contribution is -0.137. The summed E-state index contributed by atoms with van der Waals surface area (Å²) in [6.07, 6.45) is 2.89. The second-order valence-corrected chi connectivity index (χ2v) is 8.72. The van der Waals surface area contributed by atoms with Gasteiger partial charge in [0, 0.05) is 17.2 Å². The third-order valence-corrected chi connectivity index (χ3v) is 5.89. The Hall–Kier alpha value is -5.11. The van der Waals surface area contributed by atoms with Crippen molar-refractivity contribution in [2.75, 3.05) is 6.61 Å². The van der Waals surface area contributed by atoms with Crippen LogP contribution in [0.25, 0.3) is 29.0 Å². The van der Waals surface area contributed by atoms with Crippen molar-refractivity contribution >= 4 is 12.0 Å². The standard InChI is InChI=1S/C32H28N2O6/c1-3-36-30(35)19-18-27-29(40-32(33-27)24-12-8-5-9-13-24)21-38-26-16-14-25(15-17-26)37-20-28-22(2)39-31(34-28)23-10-6-4-7-11-23/h4-19H,3,20-21H2,1-2H3. The van der Waals surface area contributed by atoms with Crippen LogP contribution in [0.5, 0.6) is 11.5 Å². The lowest BCUT2D eigenvalue weighted by Crippen LogP contribution is -2.00. The molecule has 0 unspecified atom stereocenters. The summed E-state index contributed by atoms with van der Waals surface area (Å²) in [7, 11) is 0. The Balaban J connectivity index is 1.23. The quantitative estimate of drug-likeness (QED) is 0.131. The molecule has 2 heterocycles. The summed E-state index contributed by atoms with van der Waals surface area (Å²) in [5.74, 6) is 3.04. The number of oxazole rings is 2. The maximum atomic E-state index is 11.8. The number of rotatable bonds is 11. The third kappa shape index (κ3) is 6.66. The minimum Gasteiger partial charge on any atom is -0.487 e. The number of carbonyl (C=O) groups is 1. The van der Waals surface area contributed by atoms with Crippen LogP contribution in [0.3, 0.4) is 0 Å². The van der Waals surface area contributed by atoms with E-state index in [9.17, 15) is 4.79 Å². The molecule has 8 heteroatoms. The van der Waals surface area contributed by atoms with Gasteiger partial charge >= 0.3 is 5.97 Å². The van der Waals surface area contributed by atoms with Gasteiger partial charge in [-0.25, -0.2) is 14.8 Å². The molecule has 3 aromatic carbocycles. The number of hydrogen-bond acceptors (Lipinski definition) is 8. The van der Waals surface area contributed by atoms with Crippen LogP contribution in [0.4, 0.5) is 0 Å². The lowest BCUT2D eigenvalue weighted by Gasteiger charge is -2.07. The molecule has 0 spiro atoms. The molecule has 40 heavy (non-hydrogen) atoms. The summed E-state index contributed by atoms with van der Waals surface area (Å²) in [6.45, 7) is 4.31. The van der Waals surface area contributed by atoms with Gasteiger partial charge < -0.3 is 23.0 Å². The largest absolute Gasteiger partial charge is 0.487 e. The number of carbonyl (C=O) groups excluding carboxylic acids is 1. The predicted molar refractivity (Wildman–Crippen MR) is 149 cm³/mol. The van der Waals surface area contributed by atoms with Gasteiger partial charge in [-0.05, 0) is 68.5 Å². The molecule has 0 N–H and O–H groups in total. The molecular weight excluding hydrogens is 508 g/mol. The lowest BCUT2D eigenvalue weighted by atomic mass is 10.2. The number of aryl methyl sites for hydroxylation is 1. The van der Waals surface area contributed by atoms with Crippen molar-refractivity contribution in [1.29, 1.82) is 0 Å². The highest BCUT2D eigenvalue weighted by Gasteiger charge is 2.15. The van der Waals surface area contributed by atoms with Gasteiger partial charge in [-0.3, -0.25) is 0 Å². The van der Waals surface area contributed by atoms with Crippen molar-refractivity contribution in [2.45, 2.75) is 27.1 Å². The Morgan fingerprint density at radius 3 is 1.95 bits per heavy atom. The van der Waals surface area contributed by atoms with E-state index in [2.05, 4.69) is 9.97 Å².